The number of nitrogens with one attached hydrogen (secondary N) is 2. The number of rotatable bonds is 10. The van der Waals surface area contributed by atoms with Crippen LogP contribution in [0.1, 0.15) is 25.8 Å². The second kappa shape index (κ2) is 10.8. The molecule has 2 N–H and O–H groups in total. The summed E-state index contributed by atoms with van der Waals surface area (Å²) in [5.74, 6) is 1.94. The number of ether oxygens (including phenoxy) is 2. The van der Waals surface area contributed by atoms with E-state index in [-0.39, 0.29) is 6.03 Å². The van der Waals surface area contributed by atoms with Gasteiger partial charge in [0.1, 0.15) is 0 Å². The number of carbonyl (C=O) groups is 1. The van der Waals surface area contributed by atoms with Crippen LogP contribution in [0, 0.1) is 5.92 Å². The van der Waals surface area contributed by atoms with Crippen LogP contribution >= 0.6 is 0 Å². The maximum atomic E-state index is 11.9. The van der Waals surface area contributed by atoms with Crippen LogP contribution in [-0.2, 0) is 6.42 Å². The van der Waals surface area contributed by atoms with Crippen LogP contribution in [0.5, 0.6) is 11.5 Å². The topological polar surface area (TPSA) is 62.8 Å². The van der Waals surface area contributed by atoms with E-state index in [4.69, 9.17) is 9.47 Å². The minimum Gasteiger partial charge on any atom is -0.493 e. The highest BCUT2D eigenvalue weighted by Crippen LogP contribution is 2.27. The predicted octanol–water partition coefficient (Wildman–Crippen LogP) is 2.52. The van der Waals surface area contributed by atoms with E-state index >= 15 is 0 Å². The number of amides is 2. The Morgan fingerprint density at radius 3 is 2.36 bits per heavy atom. The third-order valence-electron chi connectivity index (χ3n) is 4.28. The van der Waals surface area contributed by atoms with Crippen LogP contribution in [0.3, 0.4) is 0 Å². The summed E-state index contributed by atoms with van der Waals surface area (Å²) in [6.45, 7) is 5.60. The summed E-state index contributed by atoms with van der Waals surface area (Å²) in [5.41, 5.74) is 1.16. The second-order valence-electron chi connectivity index (χ2n) is 6.70. The van der Waals surface area contributed by atoms with Crippen molar-refractivity contribution >= 4 is 6.03 Å². The number of benzene rings is 1. The Morgan fingerprint density at radius 2 is 1.80 bits per heavy atom. The molecule has 6 heteroatoms. The molecule has 0 radical (unpaired) electrons. The van der Waals surface area contributed by atoms with Crippen LogP contribution < -0.4 is 20.1 Å². The summed E-state index contributed by atoms with van der Waals surface area (Å²) in [7, 11) is 7.33. The van der Waals surface area contributed by atoms with E-state index in [9.17, 15) is 4.79 Å². The fraction of sp³-hybridized carbons (Fsp3) is 0.632. The first-order valence-electron chi connectivity index (χ1n) is 8.78. The fourth-order valence-corrected chi connectivity index (χ4v) is 2.80. The molecule has 0 saturated carbocycles. The van der Waals surface area contributed by atoms with E-state index in [2.05, 4.69) is 29.4 Å². The van der Waals surface area contributed by atoms with Crippen LogP contribution in [0.2, 0.25) is 0 Å². The van der Waals surface area contributed by atoms with Gasteiger partial charge in [-0.1, -0.05) is 19.9 Å². The third kappa shape index (κ3) is 7.22. The van der Waals surface area contributed by atoms with Crippen molar-refractivity contribution in [3.8, 4) is 11.5 Å². The quantitative estimate of drug-likeness (QED) is 0.636. The lowest BCUT2D eigenvalue weighted by Gasteiger charge is -2.28. The summed E-state index contributed by atoms with van der Waals surface area (Å²) in [4.78, 5) is 14.1. The molecule has 1 rings (SSSR count). The number of nitrogens with zero attached hydrogens (tertiary/aromatic N) is 1. The van der Waals surface area contributed by atoms with Crippen molar-refractivity contribution < 1.29 is 14.3 Å². The van der Waals surface area contributed by atoms with Gasteiger partial charge in [0.25, 0.3) is 0 Å². The molecule has 0 aliphatic rings. The Bertz CT molecular complexity index is 525. The van der Waals surface area contributed by atoms with Gasteiger partial charge in [0.05, 0.1) is 14.2 Å². The molecule has 6 nitrogen and oxygen atoms in total. The molecule has 0 aliphatic carbocycles. The van der Waals surface area contributed by atoms with Gasteiger partial charge in [0, 0.05) is 19.1 Å². The summed E-state index contributed by atoms with van der Waals surface area (Å²) in [6, 6.07) is 6.12. The molecule has 0 aromatic heterocycles. The van der Waals surface area contributed by atoms with E-state index in [1.807, 2.05) is 32.3 Å². The minimum absolute atomic E-state index is 0.111. The molecule has 0 bridgehead atoms. The molecule has 1 atom stereocenters. The maximum Gasteiger partial charge on any atom is 0.314 e. The van der Waals surface area contributed by atoms with Crippen molar-refractivity contribution in [3.05, 3.63) is 23.8 Å². The lowest BCUT2D eigenvalue weighted by atomic mass is 10.0. The zero-order chi connectivity index (χ0) is 18.8. The van der Waals surface area contributed by atoms with Gasteiger partial charge < -0.3 is 25.0 Å². The second-order valence-corrected chi connectivity index (χ2v) is 6.70. The van der Waals surface area contributed by atoms with Gasteiger partial charge in [-0.2, -0.15) is 0 Å². The van der Waals surface area contributed by atoms with Crippen molar-refractivity contribution in [1.29, 1.82) is 0 Å². The monoisotopic (exact) mass is 351 g/mol. The maximum absolute atomic E-state index is 11.9. The summed E-state index contributed by atoms with van der Waals surface area (Å²) in [5, 5.41) is 5.86. The molecule has 0 unspecified atom stereocenters. The largest absolute Gasteiger partial charge is 0.493 e. The average molecular weight is 351 g/mol. The van der Waals surface area contributed by atoms with Crippen LogP contribution in [0.4, 0.5) is 4.79 Å². The zero-order valence-electron chi connectivity index (χ0n) is 16.4. The summed E-state index contributed by atoms with van der Waals surface area (Å²) in [6.07, 6.45) is 1.73. The first kappa shape index (κ1) is 21.1. The zero-order valence-corrected chi connectivity index (χ0v) is 16.4. The van der Waals surface area contributed by atoms with Gasteiger partial charge in [-0.15, -0.1) is 0 Å². The highest BCUT2D eigenvalue weighted by molar-refractivity contribution is 5.73. The molecule has 1 aromatic rings. The average Bonchev–Trinajstić information content (AvgIpc) is 2.57. The molecule has 0 saturated heterocycles. The standard InChI is InChI=1S/C19H33N3O3/c1-14(2)16(22(3)4)13-21-19(23)20-11-7-8-15-9-10-17(24-5)18(12-15)25-6/h9-10,12,14,16H,7-8,11,13H2,1-6H3,(H2,20,21,23)/t16-/m0/s1. The Balaban J connectivity index is 2.32. The number of likely N-dealkylation sites (N-methyl/N-ethyl adjacent to an activating group) is 1. The Labute approximate surface area is 151 Å². The molecule has 0 aliphatic heterocycles. The molecular formula is C19H33N3O3. The van der Waals surface area contributed by atoms with Gasteiger partial charge in [0.2, 0.25) is 0 Å². The predicted molar refractivity (Wildman–Crippen MR) is 102 cm³/mol. The fourth-order valence-electron chi connectivity index (χ4n) is 2.80. The van der Waals surface area contributed by atoms with E-state index in [0.717, 1.165) is 29.9 Å². The molecular weight excluding hydrogens is 318 g/mol. The van der Waals surface area contributed by atoms with Crippen LogP contribution in [0.25, 0.3) is 0 Å². The van der Waals surface area contributed by atoms with E-state index < -0.39 is 0 Å². The van der Waals surface area contributed by atoms with Crippen molar-refractivity contribution in [2.75, 3.05) is 41.4 Å². The molecule has 25 heavy (non-hydrogen) atoms. The molecule has 1 aromatic carbocycles. The van der Waals surface area contributed by atoms with Crippen molar-refractivity contribution in [1.82, 2.24) is 15.5 Å². The first-order valence-corrected chi connectivity index (χ1v) is 8.78. The summed E-state index contributed by atoms with van der Waals surface area (Å²) >= 11 is 0. The number of aryl methyl sites for hydroxylation is 1. The van der Waals surface area contributed by atoms with Crippen LogP contribution in [-0.4, -0.2) is 58.4 Å². The molecule has 0 heterocycles. The van der Waals surface area contributed by atoms with E-state index in [0.29, 0.717) is 25.0 Å². The Kier molecular flexibility index (Phi) is 9.13. The third-order valence-corrected chi connectivity index (χ3v) is 4.28. The summed E-state index contributed by atoms with van der Waals surface area (Å²) < 4.78 is 10.5. The molecule has 0 fully saturated rings. The van der Waals surface area contributed by atoms with Gasteiger partial charge >= 0.3 is 6.03 Å². The van der Waals surface area contributed by atoms with E-state index in [1.54, 1.807) is 14.2 Å². The number of carbonyl (C=O) groups excluding carboxylic acids is 1. The molecule has 2 amide bonds. The van der Waals surface area contributed by atoms with Gasteiger partial charge in [-0.05, 0) is 50.6 Å². The molecule has 0 spiro atoms. The SMILES string of the molecule is COc1ccc(CCCNC(=O)NC[C@@H](C(C)C)N(C)C)cc1OC. The van der Waals surface area contributed by atoms with Crippen molar-refractivity contribution in [3.63, 3.8) is 0 Å². The number of hydrogen-bond acceptors (Lipinski definition) is 4. The number of hydrogen-bond donors (Lipinski definition) is 2. The smallest absolute Gasteiger partial charge is 0.314 e. The van der Waals surface area contributed by atoms with E-state index in [1.165, 1.54) is 0 Å². The van der Waals surface area contributed by atoms with Crippen LogP contribution in [0.15, 0.2) is 18.2 Å². The van der Waals surface area contributed by atoms with Crippen molar-refractivity contribution in [2.45, 2.75) is 32.7 Å². The lowest BCUT2D eigenvalue weighted by Crippen LogP contribution is -2.46. The molecule has 142 valence electrons. The highest BCUT2D eigenvalue weighted by Gasteiger charge is 2.16. The normalized spacial score (nSPS) is 12.2. The Morgan fingerprint density at radius 1 is 1.12 bits per heavy atom. The number of methoxy groups -OCH3 is 2. The highest BCUT2D eigenvalue weighted by atomic mass is 16.5. The first-order chi connectivity index (χ1) is 11.9. The number of urea groups is 1. The lowest BCUT2D eigenvalue weighted by molar-refractivity contribution is 0.213. The van der Waals surface area contributed by atoms with Gasteiger partial charge in [-0.3, -0.25) is 0 Å². The minimum atomic E-state index is -0.111. The Hall–Kier alpha value is -1.95. The van der Waals surface area contributed by atoms with Crippen molar-refractivity contribution in [2.24, 2.45) is 5.92 Å². The van der Waals surface area contributed by atoms with Gasteiger partial charge in [-0.25, -0.2) is 4.79 Å². The van der Waals surface area contributed by atoms with Gasteiger partial charge in [0.15, 0.2) is 11.5 Å².